The number of carbonyl (C=O) groups excluding carboxylic acids is 1. The topological polar surface area (TPSA) is 87.1 Å². The largest absolute Gasteiger partial charge is 0.337 e. The van der Waals surface area contributed by atoms with E-state index in [0.29, 0.717) is 30.7 Å². The van der Waals surface area contributed by atoms with Gasteiger partial charge in [0.15, 0.2) is 0 Å². The molecule has 28 heavy (non-hydrogen) atoms. The van der Waals surface area contributed by atoms with Crippen LogP contribution in [0.15, 0.2) is 55.0 Å². The van der Waals surface area contributed by atoms with Crippen LogP contribution in [0.25, 0.3) is 0 Å². The summed E-state index contributed by atoms with van der Waals surface area (Å²) in [6, 6.07) is 9.05. The average molecular weight is 379 g/mol. The monoisotopic (exact) mass is 379 g/mol. The molecule has 142 valence electrons. The Morgan fingerprint density at radius 2 is 1.57 bits per heavy atom. The molecule has 4 rings (SSSR count). The maximum absolute atomic E-state index is 13.3. The predicted octanol–water partition coefficient (Wildman–Crippen LogP) is 1.98. The molecule has 1 amide bonds. The lowest BCUT2D eigenvalue weighted by Crippen LogP contribution is -2.47. The number of rotatable bonds is 4. The lowest BCUT2D eigenvalue weighted by molar-refractivity contribution is 0.102. The zero-order valence-corrected chi connectivity index (χ0v) is 15.0. The van der Waals surface area contributed by atoms with E-state index in [-0.39, 0.29) is 5.69 Å². The number of piperazine rings is 1. The molecule has 1 aromatic carbocycles. The third-order valence-electron chi connectivity index (χ3n) is 4.36. The van der Waals surface area contributed by atoms with Crippen molar-refractivity contribution in [3.8, 4) is 0 Å². The van der Waals surface area contributed by atoms with Crippen molar-refractivity contribution in [2.75, 3.05) is 41.3 Å². The minimum Gasteiger partial charge on any atom is -0.337 e. The van der Waals surface area contributed by atoms with E-state index in [2.05, 4.69) is 30.2 Å². The first-order valence-electron chi connectivity index (χ1n) is 8.86. The van der Waals surface area contributed by atoms with Crippen molar-refractivity contribution >= 4 is 23.5 Å². The molecule has 0 spiro atoms. The van der Waals surface area contributed by atoms with Gasteiger partial charge in [0.05, 0.1) is 0 Å². The van der Waals surface area contributed by atoms with Crippen molar-refractivity contribution in [2.45, 2.75) is 0 Å². The highest BCUT2D eigenvalue weighted by Gasteiger charge is 2.21. The van der Waals surface area contributed by atoms with Crippen molar-refractivity contribution in [1.29, 1.82) is 0 Å². The Hall–Kier alpha value is -3.62. The van der Waals surface area contributed by atoms with Crippen LogP contribution in [0.2, 0.25) is 0 Å². The highest BCUT2D eigenvalue weighted by atomic mass is 19.1. The molecule has 0 unspecified atom stereocenters. The fraction of sp³-hybridized carbons (Fsp3) is 0.211. The van der Waals surface area contributed by atoms with E-state index >= 15 is 0 Å². The van der Waals surface area contributed by atoms with Gasteiger partial charge in [0.25, 0.3) is 5.91 Å². The van der Waals surface area contributed by atoms with Crippen LogP contribution in [-0.4, -0.2) is 52.0 Å². The van der Waals surface area contributed by atoms with E-state index < -0.39 is 11.7 Å². The molecule has 0 aliphatic carbocycles. The molecule has 1 aliphatic rings. The van der Waals surface area contributed by atoms with Crippen molar-refractivity contribution in [3.63, 3.8) is 0 Å². The van der Waals surface area contributed by atoms with Crippen molar-refractivity contribution in [3.05, 3.63) is 66.5 Å². The summed E-state index contributed by atoms with van der Waals surface area (Å²) >= 11 is 0. The third-order valence-corrected chi connectivity index (χ3v) is 4.36. The van der Waals surface area contributed by atoms with E-state index in [1.807, 2.05) is 4.90 Å². The van der Waals surface area contributed by atoms with E-state index in [0.717, 1.165) is 13.1 Å². The second-order valence-electron chi connectivity index (χ2n) is 6.23. The number of hydrogen-bond donors (Lipinski definition) is 1. The number of amides is 1. The standard InChI is InChI=1S/C19H18FN7O/c20-14-3-1-4-15(13-14)24-17(28)16-5-8-23-19(25-16)27-11-9-26(10-12-27)18-21-6-2-7-22-18/h1-8,13H,9-12H2,(H,24,28). The van der Waals surface area contributed by atoms with Crippen LogP contribution < -0.4 is 15.1 Å². The van der Waals surface area contributed by atoms with E-state index in [1.54, 1.807) is 30.7 Å². The van der Waals surface area contributed by atoms with Gasteiger partial charge in [-0.05, 0) is 30.3 Å². The molecular weight excluding hydrogens is 361 g/mol. The molecule has 8 nitrogen and oxygen atoms in total. The van der Waals surface area contributed by atoms with Crippen LogP contribution >= 0.6 is 0 Å². The summed E-state index contributed by atoms with van der Waals surface area (Å²) in [7, 11) is 0. The summed E-state index contributed by atoms with van der Waals surface area (Å²) in [4.78, 5) is 33.7. The zero-order valence-electron chi connectivity index (χ0n) is 15.0. The van der Waals surface area contributed by atoms with Crippen molar-refractivity contribution in [2.24, 2.45) is 0 Å². The van der Waals surface area contributed by atoms with E-state index in [9.17, 15) is 9.18 Å². The Balaban J connectivity index is 1.42. The highest BCUT2D eigenvalue weighted by Crippen LogP contribution is 2.15. The third kappa shape index (κ3) is 4.03. The molecule has 3 aromatic rings. The molecule has 0 bridgehead atoms. The van der Waals surface area contributed by atoms with Crippen LogP contribution in [0.1, 0.15) is 10.5 Å². The van der Waals surface area contributed by atoms with Crippen LogP contribution in [-0.2, 0) is 0 Å². The quantitative estimate of drug-likeness (QED) is 0.742. The molecule has 1 fully saturated rings. The van der Waals surface area contributed by atoms with Gasteiger partial charge in [0.2, 0.25) is 11.9 Å². The molecule has 0 atom stereocenters. The summed E-state index contributed by atoms with van der Waals surface area (Å²) in [5, 5.41) is 2.65. The van der Waals surface area contributed by atoms with Crippen molar-refractivity contribution in [1.82, 2.24) is 19.9 Å². The first-order chi connectivity index (χ1) is 13.7. The van der Waals surface area contributed by atoms with Crippen LogP contribution in [0.5, 0.6) is 0 Å². The van der Waals surface area contributed by atoms with Gasteiger partial charge in [-0.15, -0.1) is 0 Å². The van der Waals surface area contributed by atoms with Crippen LogP contribution in [0.4, 0.5) is 22.0 Å². The number of carbonyl (C=O) groups is 1. The summed E-state index contributed by atoms with van der Waals surface area (Å²) < 4.78 is 13.3. The summed E-state index contributed by atoms with van der Waals surface area (Å²) in [6.45, 7) is 2.83. The Kier molecular flexibility index (Phi) is 5.05. The first kappa shape index (κ1) is 17.8. The normalized spacial score (nSPS) is 14.0. The lowest BCUT2D eigenvalue weighted by Gasteiger charge is -2.34. The predicted molar refractivity (Wildman–Crippen MR) is 103 cm³/mol. The molecule has 0 radical (unpaired) electrons. The van der Waals surface area contributed by atoms with Gasteiger partial charge in [-0.2, -0.15) is 0 Å². The molecule has 2 aromatic heterocycles. The number of hydrogen-bond acceptors (Lipinski definition) is 7. The molecule has 9 heteroatoms. The van der Waals surface area contributed by atoms with Crippen LogP contribution in [0.3, 0.4) is 0 Å². The summed E-state index contributed by atoms with van der Waals surface area (Å²) in [5.41, 5.74) is 0.602. The average Bonchev–Trinajstić information content (AvgIpc) is 2.75. The zero-order chi connectivity index (χ0) is 19.3. The van der Waals surface area contributed by atoms with Gasteiger partial charge in [0, 0.05) is 50.5 Å². The second-order valence-corrected chi connectivity index (χ2v) is 6.23. The summed E-state index contributed by atoms with van der Waals surface area (Å²) in [6.07, 6.45) is 4.99. The number of halogens is 1. The van der Waals surface area contributed by atoms with Gasteiger partial charge in [0.1, 0.15) is 11.5 Å². The highest BCUT2D eigenvalue weighted by molar-refractivity contribution is 6.02. The fourth-order valence-electron chi connectivity index (χ4n) is 2.95. The van der Waals surface area contributed by atoms with E-state index in [4.69, 9.17) is 0 Å². The Morgan fingerprint density at radius 1 is 0.893 bits per heavy atom. The van der Waals surface area contributed by atoms with Gasteiger partial charge in [-0.25, -0.2) is 24.3 Å². The second kappa shape index (κ2) is 7.95. The van der Waals surface area contributed by atoms with Crippen LogP contribution in [0, 0.1) is 5.82 Å². The number of nitrogens with one attached hydrogen (secondary N) is 1. The fourth-order valence-corrected chi connectivity index (χ4v) is 2.95. The van der Waals surface area contributed by atoms with Crippen molar-refractivity contribution < 1.29 is 9.18 Å². The minimum atomic E-state index is -0.415. The van der Waals surface area contributed by atoms with Gasteiger partial charge in [-0.3, -0.25) is 4.79 Å². The SMILES string of the molecule is O=C(Nc1cccc(F)c1)c1ccnc(N2CCN(c3ncccn3)CC2)n1. The lowest BCUT2D eigenvalue weighted by atomic mass is 10.3. The molecule has 1 aliphatic heterocycles. The first-order valence-corrected chi connectivity index (χ1v) is 8.86. The molecule has 3 heterocycles. The molecule has 1 saturated heterocycles. The van der Waals surface area contributed by atoms with E-state index in [1.165, 1.54) is 24.3 Å². The van der Waals surface area contributed by atoms with Gasteiger partial charge >= 0.3 is 0 Å². The summed E-state index contributed by atoms with van der Waals surface area (Å²) in [5.74, 6) is 0.360. The Morgan fingerprint density at radius 3 is 2.29 bits per heavy atom. The number of anilines is 3. The minimum absolute atomic E-state index is 0.225. The maximum Gasteiger partial charge on any atom is 0.274 e. The number of aromatic nitrogens is 4. The smallest absolute Gasteiger partial charge is 0.274 e. The Labute approximate surface area is 161 Å². The molecular formula is C19H18FN7O. The number of nitrogens with zero attached hydrogens (tertiary/aromatic N) is 6. The van der Waals surface area contributed by atoms with Gasteiger partial charge in [-0.1, -0.05) is 6.07 Å². The van der Waals surface area contributed by atoms with Gasteiger partial charge < -0.3 is 15.1 Å². The molecule has 1 N–H and O–H groups in total. The Bertz CT molecular complexity index is 961. The maximum atomic E-state index is 13.3. The molecule has 0 saturated carbocycles. The number of benzene rings is 1.